The second-order valence-electron chi connectivity index (χ2n) is 15.4. The molecule has 0 saturated heterocycles. The summed E-state index contributed by atoms with van der Waals surface area (Å²) in [5.74, 6) is -0.257. The number of rotatable bonds is 15. The molecule has 1 amide bonds. The van der Waals surface area contributed by atoms with Crippen LogP contribution in [-0.4, -0.2) is 52.3 Å². The van der Waals surface area contributed by atoms with E-state index in [1.54, 1.807) is 41.3 Å². The number of nitrogens with zero attached hydrogens (tertiary/aromatic N) is 3. The van der Waals surface area contributed by atoms with Gasteiger partial charge in [-0.3, -0.25) is 4.79 Å². The number of carbonyl (C=O) groups is 2. The molecule has 9 nitrogen and oxygen atoms in total. The molecule has 0 aliphatic heterocycles. The third kappa shape index (κ3) is 9.84. The SMILES string of the molecule is CN(C)c1cccc2c(S(=O)(=O)N(C)CC(=O)N(Cc3ccc(C4CCCCC4)cc3)c3ccc(C(=O)OCc4ccccc4)c(OCc4ccccc4)c3)cccc12. The Balaban J connectivity index is 1.22. The molecule has 304 valence electrons. The number of hydrogen-bond acceptors (Lipinski definition) is 7. The minimum Gasteiger partial charge on any atom is -0.488 e. The largest absolute Gasteiger partial charge is 0.488 e. The smallest absolute Gasteiger partial charge is 0.342 e. The van der Waals surface area contributed by atoms with Crippen molar-refractivity contribution in [2.24, 2.45) is 0 Å². The Bertz CT molecular complexity index is 2490. The van der Waals surface area contributed by atoms with Gasteiger partial charge in [-0.15, -0.1) is 0 Å². The van der Waals surface area contributed by atoms with Gasteiger partial charge in [-0.25, -0.2) is 13.2 Å². The molecule has 0 radical (unpaired) electrons. The van der Waals surface area contributed by atoms with Crippen LogP contribution < -0.4 is 14.5 Å². The normalized spacial score (nSPS) is 13.3. The zero-order chi connectivity index (χ0) is 41.4. The molecule has 1 saturated carbocycles. The average Bonchev–Trinajstić information content (AvgIpc) is 3.27. The van der Waals surface area contributed by atoms with Crippen LogP contribution in [0.25, 0.3) is 10.8 Å². The fourth-order valence-electron chi connectivity index (χ4n) is 7.75. The maximum atomic E-state index is 14.6. The van der Waals surface area contributed by atoms with Crippen molar-refractivity contribution < 1.29 is 27.5 Å². The number of amides is 1. The molecule has 10 heteroatoms. The third-order valence-electron chi connectivity index (χ3n) is 11.0. The van der Waals surface area contributed by atoms with E-state index in [1.165, 1.54) is 44.7 Å². The Morgan fingerprint density at radius 1 is 0.661 bits per heavy atom. The number of benzene rings is 6. The van der Waals surface area contributed by atoms with Crippen LogP contribution in [0.2, 0.25) is 0 Å². The summed E-state index contributed by atoms with van der Waals surface area (Å²) in [6.07, 6.45) is 6.07. The van der Waals surface area contributed by atoms with E-state index in [0.29, 0.717) is 17.0 Å². The van der Waals surface area contributed by atoms with E-state index < -0.39 is 28.4 Å². The van der Waals surface area contributed by atoms with E-state index in [0.717, 1.165) is 32.1 Å². The number of sulfonamides is 1. The van der Waals surface area contributed by atoms with Gasteiger partial charge in [0.05, 0.1) is 18.0 Å². The van der Waals surface area contributed by atoms with Crippen molar-refractivity contribution in [1.82, 2.24) is 4.31 Å². The summed E-state index contributed by atoms with van der Waals surface area (Å²) < 4.78 is 41.7. The zero-order valence-corrected chi connectivity index (χ0v) is 34.7. The van der Waals surface area contributed by atoms with Gasteiger partial charge in [-0.1, -0.05) is 128 Å². The first-order chi connectivity index (χ1) is 28.6. The molecule has 0 atom stereocenters. The molecule has 1 aliphatic rings. The fourth-order valence-corrected chi connectivity index (χ4v) is 9.07. The van der Waals surface area contributed by atoms with E-state index >= 15 is 0 Å². The molecular weight excluding hydrogens is 759 g/mol. The van der Waals surface area contributed by atoms with Gasteiger partial charge >= 0.3 is 5.97 Å². The Morgan fingerprint density at radius 2 is 1.31 bits per heavy atom. The van der Waals surface area contributed by atoms with Crippen LogP contribution in [0.5, 0.6) is 5.75 Å². The summed E-state index contributed by atoms with van der Waals surface area (Å²) in [4.78, 5) is 31.8. The molecule has 0 aromatic heterocycles. The highest BCUT2D eigenvalue weighted by Crippen LogP contribution is 2.35. The number of fused-ring (bicyclic) bond motifs is 1. The number of hydrogen-bond donors (Lipinski definition) is 0. The van der Waals surface area contributed by atoms with Gasteiger partial charge in [-0.05, 0) is 65.3 Å². The van der Waals surface area contributed by atoms with E-state index in [2.05, 4.69) is 12.1 Å². The third-order valence-corrected chi connectivity index (χ3v) is 12.9. The average molecular weight is 810 g/mol. The van der Waals surface area contributed by atoms with Crippen LogP contribution in [0.3, 0.4) is 0 Å². The minimum atomic E-state index is -4.12. The minimum absolute atomic E-state index is 0.0784. The zero-order valence-electron chi connectivity index (χ0n) is 33.9. The van der Waals surface area contributed by atoms with Gasteiger partial charge in [0.25, 0.3) is 0 Å². The van der Waals surface area contributed by atoms with Crippen molar-refractivity contribution in [3.63, 3.8) is 0 Å². The number of anilines is 2. The van der Waals surface area contributed by atoms with Gasteiger partial charge < -0.3 is 19.3 Å². The first-order valence-electron chi connectivity index (χ1n) is 20.1. The number of likely N-dealkylation sites (N-methyl/N-ethyl adjacent to an activating group) is 1. The van der Waals surface area contributed by atoms with E-state index in [4.69, 9.17) is 9.47 Å². The lowest BCUT2D eigenvalue weighted by Gasteiger charge is -2.27. The van der Waals surface area contributed by atoms with Crippen molar-refractivity contribution in [1.29, 1.82) is 0 Å². The van der Waals surface area contributed by atoms with E-state index in [-0.39, 0.29) is 36.0 Å². The van der Waals surface area contributed by atoms with Crippen molar-refractivity contribution in [2.75, 3.05) is 37.5 Å². The van der Waals surface area contributed by atoms with Gasteiger partial charge in [0.1, 0.15) is 24.5 Å². The standard InChI is InChI=1S/C49H51N3O6S/c1-50(2)45-23-13-22-43-42(45)21-14-24-47(43)59(55,56)51(3)33-48(53)52(32-36-25-27-40(28-26-36)39-19-11-6-12-20-39)41-29-30-44(49(54)58-35-38-17-9-5-10-18-38)46(31-41)57-34-37-15-7-4-8-16-37/h4-5,7-10,13-18,21-31,39H,6,11-12,19-20,32-35H2,1-3H3. The first kappa shape index (κ1) is 41.2. The van der Waals surface area contributed by atoms with E-state index in [1.807, 2.05) is 110 Å². The van der Waals surface area contributed by atoms with E-state index in [9.17, 15) is 18.0 Å². The number of carbonyl (C=O) groups excluding carboxylic acids is 2. The van der Waals surface area contributed by atoms with Crippen molar-refractivity contribution in [3.05, 3.63) is 167 Å². The van der Waals surface area contributed by atoms with Crippen LogP contribution in [0.15, 0.2) is 144 Å². The second-order valence-corrected chi connectivity index (χ2v) is 17.4. The van der Waals surface area contributed by atoms with Crippen molar-refractivity contribution in [3.8, 4) is 5.75 Å². The van der Waals surface area contributed by atoms with Crippen LogP contribution in [0.4, 0.5) is 11.4 Å². The highest BCUT2D eigenvalue weighted by Gasteiger charge is 2.29. The highest BCUT2D eigenvalue weighted by atomic mass is 32.2. The van der Waals surface area contributed by atoms with Gasteiger partial charge in [0.2, 0.25) is 15.9 Å². The quantitative estimate of drug-likeness (QED) is 0.0954. The Kier molecular flexibility index (Phi) is 13.1. The maximum absolute atomic E-state index is 14.6. The second kappa shape index (κ2) is 18.7. The molecule has 6 aromatic carbocycles. The topological polar surface area (TPSA) is 96.5 Å². The summed E-state index contributed by atoms with van der Waals surface area (Å²) >= 11 is 0. The van der Waals surface area contributed by atoms with Crippen LogP contribution in [0, 0.1) is 0 Å². The van der Waals surface area contributed by atoms with Crippen LogP contribution >= 0.6 is 0 Å². The van der Waals surface area contributed by atoms with Crippen molar-refractivity contribution in [2.45, 2.75) is 62.7 Å². The molecule has 1 aliphatic carbocycles. The molecule has 0 heterocycles. The lowest BCUT2D eigenvalue weighted by atomic mass is 9.84. The predicted octanol–water partition coefficient (Wildman–Crippen LogP) is 9.74. The molecule has 0 unspecified atom stereocenters. The summed E-state index contributed by atoms with van der Waals surface area (Å²) in [7, 11) is 1.13. The predicted molar refractivity (Wildman–Crippen MR) is 234 cm³/mol. The summed E-state index contributed by atoms with van der Waals surface area (Å²) in [6, 6.07) is 43.1. The van der Waals surface area contributed by atoms with Gasteiger partial charge in [0, 0.05) is 49.4 Å². The molecular formula is C49H51N3O6S. The number of ether oxygens (including phenoxy) is 2. The Labute approximate surface area is 347 Å². The Hall–Kier alpha value is -5.97. The van der Waals surface area contributed by atoms with Crippen LogP contribution in [0.1, 0.15) is 70.6 Å². The first-order valence-corrected chi connectivity index (χ1v) is 21.6. The van der Waals surface area contributed by atoms with Gasteiger partial charge in [-0.2, -0.15) is 4.31 Å². The lowest BCUT2D eigenvalue weighted by molar-refractivity contribution is -0.118. The van der Waals surface area contributed by atoms with Crippen molar-refractivity contribution >= 4 is 44.0 Å². The molecule has 0 bridgehead atoms. The lowest BCUT2D eigenvalue weighted by Crippen LogP contribution is -2.41. The molecule has 0 N–H and O–H groups in total. The highest BCUT2D eigenvalue weighted by molar-refractivity contribution is 7.89. The molecule has 1 fully saturated rings. The number of esters is 1. The monoisotopic (exact) mass is 809 g/mol. The molecule has 7 rings (SSSR count). The van der Waals surface area contributed by atoms with Crippen LogP contribution in [-0.2, 0) is 39.3 Å². The molecule has 59 heavy (non-hydrogen) atoms. The summed E-state index contributed by atoms with van der Waals surface area (Å²) in [5, 5.41) is 1.37. The fraction of sp³-hybridized carbons (Fsp3) is 0.265. The Morgan fingerprint density at radius 3 is 1.98 bits per heavy atom. The maximum Gasteiger partial charge on any atom is 0.342 e. The summed E-state index contributed by atoms with van der Waals surface area (Å²) in [5.41, 5.74) is 5.45. The molecule has 0 spiro atoms. The van der Waals surface area contributed by atoms with Gasteiger partial charge in [0.15, 0.2) is 0 Å². The summed E-state index contributed by atoms with van der Waals surface area (Å²) in [6.45, 7) is -0.0300. The molecule has 6 aromatic rings.